The average Bonchev–Trinajstić information content (AvgIpc) is 3.24. The second-order valence-electron chi connectivity index (χ2n) is 8.30. The Bertz CT molecular complexity index is 1810. The van der Waals surface area contributed by atoms with Crippen molar-refractivity contribution in [2.45, 2.75) is 0 Å². The molecule has 0 aliphatic heterocycles. The third-order valence-corrected chi connectivity index (χ3v) is 6.50. The minimum Gasteiger partial charge on any atom is -0.294 e. The lowest BCUT2D eigenvalue weighted by atomic mass is 9.98. The molecule has 0 aliphatic rings. The van der Waals surface area contributed by atoms with Crippen LogP contribution in [0.2, 0.25) is 0 Å². The molecule has 0 amide bonds. The normalized spacial score (nSPS) is 11.6. The van der Waals surface area contributed by atoms with E-state index in [9.17, 15) is 0 Å². The Morgan fingerprint density at radius 3 is 2.06 bits per heavy atom. The van der Waals surface area contributed by atoms with Crippen molar-refractivity contribution in [1.82, 2.24) is 14.5 Å². The summed E-state index contributed by atoms with van der Waals surface area (Å²) >= 11 is 0. The van der Waals surface area contributed by atoms with Crippen LogP contribution in [0.3, 0.4) is 0 Å². The van der Waals surface area contributed by atoms with Crippen molar-refractivity contribution in [1.29, 1.82) is 0 Å². The van der Waals surface area contributed by atoms with Crippen LogP contribution < -0.4 is 0 Å². The quantitative estimate of drug-likeness (QED) is 0.289. The van der Waals surface area contributed by atoms with Crippen LogP contribution in [-0.4, -0.2) is 14.5 Å². The molecule has 0 fully saturated rings. The summed E-state index contributed by atoms with van der Waals surface area (Å²) in [4.78, 5) is 9.69. The van der Waals surface area contributed by atoms with E-state index in [1.165, 1.54) is 26.9 Å². The number of benzene rings is 5. The molecule has 0 spiro atoms. The second-order valence-corrected chi connectivity index (χ2v) is 8.30. The summed E-state index contributed by atoms with van der Waals surface area (Å²) < 4.78 is 2.26. The standard InChI is InChI=1S/C30H19N3/c1-2-12-22(13-3-1)33-26-18-17-21-10-5-7-15-24(21)27(26)28-29(31-19-32-30(28)33)25-16-8-11-20-9-4-6-14-23(20)25/h1-19H. The number of hydrogen-bond acceptors (Lipinski definition) is 2. The van der Waals surface area contributed by atoms with E-state index in [2.05, 4.69) is 108 Å². The molecule has 33 heavy (non-hydrogen) atoms. The fourth-order valence-electron chi connectivity index (χ4n) is 5.07. The first-order valence-corrected chi connectivity index (χ1v) is 11.1. The van der Waals surface area contributed by atoms with Crippen molar-refractivity contribution in [3.8, 4) is 16.9 Å². The van der Waals surface area contributed by atoms with Crippen LogP contribution in [0.25, 0.3) is 60.4 Å². The molecular weight excluding hydrogens is 402 g/mol. The number of para-hydroxylation sites is 1. The van der Waals surface area contributed by atoms with E-state index >= 15 is 0 Å². The Balaban J connectivity index is 1.73. The zero-order valence-corrected chi connectivity index (χ0v) is 17.8. The lowest BCUT2D eigenvalue weighted by Gasteiger charge is -2.09. The Labute approximate surface area is 190 Å². The van der Waals surface area contributed by atoms with Crippen LogP contribution in [0.5, 0.6) is 0 Å². The van der Waals surface area contributed by atoms with Crippen molar-refractivity contribution >= 4 is 43.5 Å². The van der Waals surface area contributed by atoms with Gasteiger partial charge in [-0.15, -0.1) is 0 Å². The maximum Gasteiger partial charge on any atom is 0.149 e. The number of hydrogen-bond donors (Lipinski definition) is 0. The van der Waals surface area contributed by atoms with E-state index in [1.807, 2.05) is 6.07 Å². The van der Waals surface area contributed by atoms with Crippen molar-refractivity contribution in [3.63, 3.8) is 0 Å². The molecule has 5 aromatic carbocycles. The van der Waals surface area contributed by atoms with Gasteiger partial charge in [-0.05, 0) is 39.7 Å². The molecule has 2 heterocycles. The molecule has 2 aromatic heterocycles. The first-order chi connectivity index (χ1) is 16.4. The first-order valence-electron chi connectivity index (χ1n) is 11.1. The van der Waals surface area contributed by atoms with Gasteiger partial charge in [0, 0.05) is 16.6 Å². The lowest BCUT2D eigenvalue weighted by Crippen LogP contribution is -1.96. The maximum absolute atomic E-state index is 4.87. The molecule has 0 radical (unpaired) electrons. The summed E-state index contributed by atoms with van der Waals surface area (Å²) in [7, 11) is 0. The summed E-state index contributed by atoms with van der Waals surface area (Å²) in [6.45, 7) is 0. The highest BCUT2D eigenvalue weighted by atomic mass is 15.1. The van der Waals surface area contributed by atoms with Gasteiger partial charge in [0.1, 0.15) is 12.0 Å². The van der Waals surface area contributed by atoms with Gasteiger partial charge < -0.3 is 0 Å². The van der Waals surface area contributed by atoms with Crippen molar-refractivity contribution < 1.29 is 0 Å². The summed E-state index contributed by atoms with van der Waals surface area (Å²) in [6, 6.07) is 38.3. The van der Waals surface area contributed by atoms with Gasteiger partial charge in [0.05, 0.1) is 16.6 Å². The fraction of sp³-hybridized carbons (Fsp3) is 0. The Hall–Kier alpha value is -4.50. The highest BCUT2D eigenvalue weighted by Crippen LogP contribution is 2.41. The van der Waals surface area contributed by atoms with Gasteiger partial charge in [0.25, 0.3) is 0 Å². The predicted molar refractivity (Wildman–Crippen MR) is 137 cm³/mol. The molecule has 7 aromatic rings. The van der Waals surface area contributed by atoms with Gasteiger partial charge in [-0.3, -0.25) is 4.57 Å². The lowest BCUT2D eigenvalue weighted by molar-refractivity contribution is 1.11. The Kier molecular flexibility index (Phi) is 3.84. The van der Waals surface area contributed by atoms with Gasteiger partial charge in [0.15, 0.2) is 0 Å². The molecule has 0 unspecified atom stereocenters. The smallest absolute Gasteiger partial charge is 0.149 e. The van der Waals surface area contributed by atoms with Crippen LogP contribution >= 0.6 is 0 Å². The number of nitrogens with zero attached hydrogens (tertiary/aromatic N) is 3. The SMILES string of the molecule is c1ccc(-n2c3ccc4ccccc4c3c3c(-c4cccc5ccccc45)ncnc32)cc1. The van der Waals surface area contributed by atoms with Crippen molar-refractivity contribution in [3.05, 3.63) is 116 Å². The fourth-order valence-corrected chi connectivity index (χ4v) is 5.07. The molecule has 154 valence electrons. The van der Waals surface area contributed by atoms with E-state index in [0.29, 0.717) is 0 Å². The summed E-state index contributed by atoms with van der Waals surface area (Å²) in [5, 5.41) is 7.11. The summed E-state index contributed by atoms with van der Waals surface area (Å²) in [5.41, 5.74) is 5.24. The van der Waals surface area contributed by atoms with Gasteiger partial charge >= 0.3 is 0 Å². The van der Waals surface area contributed by atoms with Crippen molar-refractivity contribution in [2.75, 3.05) is 0 Å². The van der Waals surface area contributed by atoms with Crippen LogP contribution in [0.1, 0.15) is 0 Å². The maximum atomic E-state index is 4.87. The molecule has 0 saturated carbocycles. The number of fused-ring (bicyclic) bond motifs is 6. The van der Waals surface area contributed by atoms with E-state index in [-0.39, 0.29) is 0 Å². The topological polar surface area (TPSA) is 30.7 Å². The highest BCUT2D eigenvalue weighted by Gasteiger charge is 2.20. The van der Waals surface area contributed by atoms with Crippen molar-refractivity contribution in [2.24, 2.45) is 0 Å². The third-order valence-electron chi connectivity index (χ3n) is 6.50. The molecule has 0 aliphatic carbocycles. The van der Waals surface area contributed by atoms with E-state index in [4.69, 9.17) is 9.97 Å². The van der Waals surface area contributed by atoms with Crippen LogP contribution in [-0.2, 0) is 0 Å². The van der Waals surface area contributed by atoms with Gasteiger partial charge in [-0.1, -0.05) is 91.0 Å². The third kappa shape index (κ3) is 2.63. The zero-order chi connectivity index (χ0) is 21.8. The molecule has 3 nitrogen and oxygen atoms in total. The highest BCUT2D eigenvalue weighted by molar-refractivity contribution is 6.24. The van der Waals surface area contributed by atoms with Gasteiger partial charge in [0.2, 0.25) is 0 Å². The van der Waals surface area contributed by atoms with Crippen LogP contribution in [0.4, 0.5) is 0 Å². The minimum absolute atomic E-state index is 0.922. The molecule has 0 N–H and O–H groups in total. The summed E-state index contributed by atoms with van der Waals surface area (Å²) in [5.74, 6) is 0. The van der Waals surface area contributed by atoms with Crippen LogP contribution in [0.15, 0.2) is 116 Å². The largest absolute Gasteiger partial charge is 0.294 e. The molecule has 0 saturated heterocycles. The Morgan fingerprint density at radius 2 is 1.21 bits per heavy atom. The molecular formula is C30H19N3. The molecule has 7 rings (SSSR count). The van der Waals surface area contributed by atoms with E-state index in [0.717, 1.165) is 33.5 Å². The summed E-state index contributed by atoms with van der Waals surface area (Å²) in [6.07, 6.45) is 1.69. The minimum atomic E-state index is 0.922. The van der Waals surface area contributed by atoms with E-state index in [1.54, 1.807) is 6.33 Å². The second kappa shape index (κ2) is 7.01. The monoisotopic (exact) mass is 421 g/mol. The zero-order valence-electron chi connectivity index (χ0n) is 17.8. The van der Waals surface area contributed by atoms with Crippen LogP contribution in [0, 0.1) is 0 Å². The first kappa shape index (κ1) is 18.1. The van der Waals surface area contributed by atoms with Gasteiger partial charge in [-0.25, -0.2) is 9.97 Å². The predicted octanol–water partition coefficient (Wildman–Crippen LogP) is 7.55. The number of rotatable bonds is 2. The molecule has 3 heteroatoms. The number of aromatic nitrogens is 3. The molecule has 0 atom stereocenters. The molecule has 0 bridgehead atoms. The van der Waals surface area contributed by atoms with E-state index < -0.39 is 0 Å². The Morgan fingerprint density at radius 1 is 0.515 bits per heavy atom. The average molecular weight is 422 g/mol. The van der Waals surface area contributed by atoms with Gasteiger partial charge in [-0.2, -0.15) is 0 Å².